The maximum atomic E-state index is 10.9. The third-order valence-corrected chi connectivity index (χ3v) is 1.26. The van der Waals surface area contributed by atoms with Crippen LogP contribution in [0.4, 0.5) is 0 Å². The zero-order valence-electron chi connectivity index (χ0n) is 7.67. The van der Waals surface area contributed by atoms with Gasteiger partial charge in [-0.25, -0.2) is 9.59 Å². The Balaban J connectivity index is 4.37. The number of hydrogen-bond acceptors (Lipinski definition) is 5. The van der Waals surface area contributed by atoms with Crippen LogP contribution in [0.5, 0.6) is 0 Å². The van der Waals surface area contributed by atoms with E-state index in [4.69, 9.17) is 15.3 Å². The molecule has 0 saturated carbocycles. The van der Waals surface area contributed by atoms with Gasteiger partial charge in [0.25, 0.3) is 0 Å². The van der Waals surface area contributed by atoms with Crippen molar-refractivity contribution in [3.8, 4) is 0 Å². The van der Waals surface area contributed by atoms with Crippen LogP contribution in [0.25, 0.3) is 0 Å². The zero-order valence-corrected chi connectivity index (χ0v) is 7.67. The second-order valence-electron chi connectivity index (χ2n) is 2.43. The quantitative estimate of drug-likeness (QED) is 0.386. The van der Waals surface area contributed by atoms with E-state index < -0.39 is 29.9 Å². The minimum Gasteiger partial charge on any atom is -0.478 e. The lowest BCUT2D eigenvalue weighted by atomic mass is 10.2. The summed E-state index contributed by atoms with van der Waals surface area (Å²) in [6, 6.07) is 0. The summed E-state index contributed by atoms with van der Waals surface area (Å²) in [5, 5.41) is 25.1. The van der Waals surface area contributed by atoms with E-state index in [0.29, 0.717) is 6.08 Å². The molecule has 0 spiro atoms. The van der Waals surface area contributed by atoms with Gasteiger partial charge in [-0.3, -0.25) is 4.79 Å². The van der Waals surface area contributed by atoms with Crippen LogP contribution in [-0.2, 0) is 19.1 Å². The van der Waals surface area contributed by atoms with Gasteiger partial charge in [0.15, 0.2) is 0 Å². The summed E-state index contributed by atoms with van der Waals surface area (Å²) in [7, 11) is 0. The number of carbonyl (C=O) groups is 3. The molecule has 0 bridgehead atoms. The average Bonchev–Trinajstić information content (AvgIpc) is 2.12. The first-order valence-electron chi connectivity index (χ1n) is 3.90. The van der Waals surface area contributed by atoms with Gasteiger partial charge in [0.05, 0.1) is 18.6 Å². The van der Waals surface area contributed by atoms with E-state index in [1.165, 1.54) is 0 Å². The summed E-state index contributed by atoms with van der Waals surface area (Å²) in [4.78, 5) is 31.5. The Hall–Kier alpha value is -1.89. The first-order valence-corrected chi connectivity index (χ1v) is 3.90. The lowest BCUT2D eigenvalue weighted by Crippen LogP contribution is -2.13. The van der Waals surface area contributed by atoms with Crippen molar-refractivity contribution < 1.29 is 34.4 Å². The van der Waals surface area contributed by atoms with Crippen molar-refractivity contribution in [2.45, 2.75) is 6.42 Å². The molecule has 0 aromatic heterocycles. The van der Waals surface area contributed by atoms with Crippen molar-refractivity contribution >= 4 is 17.9 Å². The van der Waals surface area contributed by atoms with Gasteiger partial charge in [-0.15, -0.1) is 0 Å². The molecule has 84 valence electrons. The van der Waals surface area contributed by atoms with Crippen LogP contribution < -0.4 is 0 Å². The summed E-state index contributed by atoms with van der Waals surface area (Å²) in [5.74, 6) is -3.86. The normalized spacial score (nSPS) is 10.9. The molecule has 0 atom stereocenters. The van der Waals surface area contributed by atoms with Gasteiger partial charge in [-0.05, 0) is 0 Å². The molecule has 0 aromatic rings. The highest BCUT2D eigenvalue weighted by Crippen LogP contribution is 2.03. The zero-order chi connectivity index (χ0) is 11.8. The molecule has 0 aromatic carbocycles. The third-order valence-electron chi connectivity index (χ3n) is 1.26. The maximum absolute atomic E-state index is 10.9. The van der Waals surface area contributed by atoms with Gasteiger partial charge in [0, 0.05) is 6.08 Å². The van der Waals surface area contributed by atoms with Crippen molar-refractivity contribution in [3.05, 3.63) is 11.6 Å². The van der Waals surface area contributed by atoms with Crippen LogP contribution in [0, 0.1) is 0 Å². The molecule has 15 heavy (non-hydrogen) atoms. The third kappa shape index (κ3) is 6.22. The number of ether oxygens (including phenoxy) is 1. The van der Waals surface area contributed by atoms with Gasteiger partial charge < -0.3 is 20.1 Å². The van der Waals surface area contributed by atoms with E-state index in [1.807, 2.05) is 0 Å². The highest BCUT2D eigenvalue weighted by atomic mass is 16.5. The van der Waals surface area contributed by atoms with Crippen LogP contribution in [0.1, 0.15) is 6.42 Å². The summed E-state index contributed by atoms with van der Waals surface area (Å²) >= 11 is 0. The molecular formula is C8H10O7. The first-order chi connectivity index (χ1) is 6.97. The fourth-order valence-electron chi connectivity index (χ4n) is 0.703. The number of carbonyl (C=O) groups excluding carboxylic acids is 1. The number of hydrogen-bond donors (Lipinski definition) is 3. The van der Waals surface area contributed by atoms with Crippen LogP contribution in [0.3, 0.4) is 0 Å². The molecule has 0 rings (SSSR count). The number of aliphatic hydroxyl groups excluding tert-OH is 1. The fourth-order valence-corrected chi connectivity index (χ4v) is 0.703. The minimum atomic E-state index is -1.50. The Morgan fingerprint density at radius 1 is 1.20 bits per heavy atom. The fraction of sp³-hybridized carbons (Fsp3) is 0.375. The molecule has 0 saturated heterocycles. The average molecular weight is 218 g/mol. The van der Waals surface area contributed by atoms with Gasteiger partial charge in [0.2, 0.25) is 0 Å². The van der Waals surface area contributed by atoms with E-state index in [1.54, 1.807) is 0 Å². The molecule has 0 unspecified atom stereocenters. The van der Waals surface area contributed by atoms with Crippen molar-refractivity contribution in [1.82, 2.24) is 0 Å². The largest absolute Gasteiger partial charge is 0.478 e. The van der Waals surface area contributed by atoms with Crippen molar-refractivity contribution in [3.63, 3.8) is 0 Å². The van der Waals surface area contributed by atoms with E-state index in [-0.39, 0.29) is 13.2 Å². The molecule has 0 fully saturated rings. The second-order valence-corrected chi connectivity index (χ2v) is 2.43. The van der Waals surface area contributed by atoms with Crippen LogP contribution in [0.2, 0.25) is 0 Å². The number of carboxylic acid groups (broad SMARTS) is 2. The number of rotatable bonds is 6. The standard InChI is InChI=1S/C8H10O7/c9-1-2-15-7(12)4-5(8(13)14)3-6(10)11/h3,9H,1-2,4H2,(H,10,11)(H,13,14). The topological polar surface area (TPSA) is 121 Å². The Kier molecular flexibility index (Phi) is 5.72. The lowest BCUT2D eigenvalue weighted by Gasteiger charge is -2.02. The Bertz CT molecular complexity index is 291. The van der Waals surface area contributed by atoms with Gasteiger partial charge in [0.1, 0.15) is 6.61 Å². The monoisotopic (exact) mass is 218 g/mol. The second kappa shape index (κ2) is 6.55. The van der Waals surface area contributed by atoms with Crippen molar-refractivity contribution in [2.75, 3.05) is 13.2 Å². The molecule has 3 N–H and O–H groups in total. The highest BCUT2D eigenvalue weighted by Gasteiger charge is 2.15. The van der Waals surface area contributed by atoms with E-state index in [2.05, 4.69) is 4.74 Å². The molecular weight excluding hydrogens is 208 g/mol. The minimum absolute atomic E-state index is 0.251. The predicted octanol–water partition coefficient (Wildman–Crippen LogP) is -0.992. The molecule has 7 nitrogen and oxygen atoms in total. The molecule has 0 radical (unpaired) electrons. The lowest BCUT2D eigenvalue weighted by molar-refractivity contribution is -0.145. The number of carboxylic acids is 2. The Morgan fingerprint density at radius 2 is 1.80 bits per heavy atom. The smallest absolute Gasteiger partial charge is 0.332 e. The molecule has 7 heteroatoms. The van der Waals surface area contributed by atoms with E-state index >= 15 is 0 Å². The molecule has 0 heterocycles. The summed E-state index contributed by atoms with van der Waals surface area (Å²) in [6.07, 6.45) is -0.232. The summed E-state index contributed by atoms with van der Waals surface area (Å²) in [5.41, 5.74) is -0.578. The van der Waals surface area contributed by atoms with E-state index in [9.17, 15) is 14.4 Å². The summed E-state index contributed by atoms with van der Waals surface area (Å²) in [6.45, 7) is -0.629. The molecule has 0 aliphatic carbocycles. The Labute approximate surface area is 84.6 Å². The number of aliphatic carboxylic acids is 2. The van der Waals surface area contributed by atoms with Gasteiger partial charge in [-0.1, -0.05) is 0 Å². The van der Waals surface area contributed by atoms with E-state index in [0.717, 1.165) is 0 Å². The molecule has 0 aliphatic heterocycles. The molecule has 0 aliphatic rings. The van der Waals surface area contributed by atoms with Crippen molar-refractivity contribution in [2.24, 2.45) is 0 Å². The number of esters is 1. The number of aliphatic hydroxyl groups is 1. The molecule has 0 amide bonds. The predicted molar refractivity (Wildman–Crippen MR) is 46.0 cm³/mol. The van der Waals surface area contributed by atoms with Gasteiger partial charge >= 0.3 is 17.9 Å². The first kappa shape index (κ1) is 13.1. The van der Waals surface area contributed by atoms with Crippen LogP contribution in [0.15, 0.2) is 11.6 Å². The van der Waals surface area contributed by atoms with Crippen molar-refractivity contribution in [1.29, 1.82) is 0 Å². The maximum Gasteiger partial charge on any atom is 0.332 e. The van der Waals surface area contributed by atoms with Gasteiger partial charge in [-0.2, -0.15) is 0 Å². The van der Waals surface area contributed by atoms with Crippen LogP contribution in [-0.4, -0.2) is 46.4 Å². The van der Waals surface area contributed by atoms with Crippen LogP contribution >= 0.6 is 0 Å². The highest BCUT2D eigenvalue weighted by molar-refractivity contribution is 5.98. The summed E-state index contributed by atoms with van der Waals surface area (Å²) < 4.78 is 4.37. The SMILES string of the molecule is O=C(O)C=C(CC(=O)OCCO)C(=O)O. The Morgan fingerprint density at radius 3 is 2.20 bits per heavy atom.